The number of rotatable bonds is 4. The minimum atomic E-state index is -0.144. The molecule has 0 aliphatic rings. The molecule has 1 heterocycles. The Morgan fingerprint density at radius 3 is 2.12 bits per heavy atom. The zero-order valence-corrected chi connectivity index (χ0v) is 13.7. The number of hydrogen-bond acceptors (Lipinski definition) is 3. The van der Waals surface area contributed by atoms with Crippen molar-refractivity contribution in [3.8, 4) is 11.1 Å². The van der Waals surface area contributed by atoms with E-state index in [0.29, 0.717) is 11.3 Å². The molecule has 1 aromatic heterocycles. The molecule has 0 aliphatic heterocycles. The predicted molar refractivity (Wildman–Crippen MR) is 98.4 cm³/mol. The zero-order valence-electron chi connectivity index (χ0n) is 13.7. The van der Waals surface area contributed by atoms with E-state index in [-0.39, 0.29) is 5.91 Å². The van der Waals surface area contributed by atoms with Crippen molar-refractivity contribution >= 4 is 17.4 Å². The van der Waals surface area contributed by atoms with Crippen molar-refractivity contribution in [2.24, 2.45) is 0 Å². The summed E-state index contributed by atoms with van der Waals surface area (Å²) >= 11 is 0. The predicted octanol–water partition coefficient (Wildman–Crippen LogP) is 4.07. The van der Waals surface area contributed by atoms with Crippen LogP contribution in [-0.4, -0.2) is 25.0 Å². The second-order valence-electron chi connectivity index (χ2n) is 5.70. The fourth-order valence-electron chi connectivity index (χ4n) is 2.37. The van der Waals surface area contributed by atoms with Crippen LogP contribution < -0.4 is 10.2 Å². The Kier molecular flexibility index (Phi) is 4.57. The number of carbonyl (C=O) groups excluding carboxylic acids is 1. The molecule has 0 aliphatic carbocycles. The Morgan fingerprint density at radius 1 is 0.875 bits per heavy atom. The Hall–Kier alpha value is -3.14. The first-order valence-corrected chi connectivity index (χ1v) is 7.74. The number of aromatic nitrogens is 1. The number of nitrogens with one attached hydrogen (secondary N) is 1. The van der Waals surface area contributed by atoms with E-state index in [1.165, 1.54) is 0 Å². The third-order valence-electron chi connectivity index (χ3n) is 3.72. The lowest BCUT2D eigenvalue weighted by Gasteiger charge is -2.11. The van der Waals surface area contributed by atoms with Gasteiger partial charge in [-0.1, -0.05) is 42.5 Å². The Labute approximate surface area is 141 Å². The van der Waals surface area contributed by atoms with E-state index in [2.05, 4.69) is 10.3 Å². The Balaban J connectivity index is 1.71. The molecule has 3 rings (SSSR count). The number of nitrogens with zero attached hydrogens (tertiary/aromatic N) is 2. The van der Waals surface area contributed by atoms with Gasteiger partial charge >= 0.3 is 0 Å². The van der Waals surface area contributed by atoms with Crippen LogP contribution in [0.5, 0.6) is 0 Å². The number of amides is 1. The van der Waals surface area contributed by atoms with Gasteiger partial charge in [0.15, 0.2) is 0 Å². The van der Waals surface area contributed by atoms with Gasteiger partial charge in [-0.25, -0.2) is 4.98 Å². The second kappa shape index (κ2) is 6.96. The smallest absolute Gasteiger partial charge is 0.255 e. The fraction of sp³-hybridized carbons (Fsp3) is 0.100. The van der Waals surface area contributed by atoms with Crippen molar-refractivity contribution < 1.29 is 4.79 Å². The van der Waals surface area contributed by atoms with Crippen molar-refractivity contribution in [2.75, 3.05) is 24.3 Å². The third-order valence-corrected chi connectivity index (χ3v) is 3.72. The average molecular weight is 317 g/mol. The van der Waals surface area contributed by atoms with Gasteiger partial charge in [0.2, 0.25) is 0 Å². The standard InChI is InChI=1S/C20H19N3O/c1-23(2)19-13-12-18(14-21-19)22-20(24)17-10-8-16(9-11-17)15-6-4-3-5-7-15/h3-14H,1-2H3,(H,22,24). The van der Waals surface area contributed by atoms with Gasteiger partial charge in [-0.05, 0) is 35.4 Å². The molecule has 2 aromatic carbocycles. The lowest BCUT2D eigenvalue weighted by molar-refractivity contribution is 0.102. The second-order valence-corrected chi connectivity index (χ2v) is 5.70. The van der Waals surface area contributed by atoms with Gasteiger partial charge in [0.25, 0.3) is 5.91 Å². The SMILES string of the molecule is CN(C)c1ccc(NC(=O)c2ccc(-c3ccccc3)cc2)cn1. The largest absolute Gasteiger partial charge is 0.363 e. The summed E-state index contributed by atoms with van der Waals surface area (Å²) in [7, 11) is 3.85. The van der Waals surface area contributed by atoms with Crippen LogP contribution in [0.3, 0.4) is 0 Å². The molecule has 0 radical (unpaired) electrons. The summed E-state index contributed by atoms with van der Waals surface area (Å²) < 4.78 is 0. The van der Waals surface area contributed by atoms with Crippen molar-refractivity contribution in [3.05, 3.63) is 78.5 Å². The first kappa shape index (κ1) is 15.7. The maximum atomic E-state index is 12.3. The highest BCUT2D eigenvalue weighted by atomic mass is 16.1. The van der Waals surface area contributed by atoms with Crippen LogP contribution in [0.2, 0.25) is 0 Å². The molecular weight excluding hydrogens is 298 g/mol. The van der Waals surface area contributed by atoms with Gasteiger partial charge in [-0.15, -0.1) is 0 Å². The minimum Gasteiger partial charge on any atom is -0.363 e. The summed E-state index contributed by atoms with van der Waals surface area (Å²) in [4.78, 5) is 18.5. The minimum absolute atomic E-state index is 0.144. The van der Waals surface area contributed by atoms with Gasteiger partial charge in [0.05, 0.1) is 11.9 Å². The topological polar surface area (TPSA) is 45.2 Å². The third kappa shape index (κ3) is 3.60. The molecule has 120 valence electrons. The maximum Gasteiger partial charge on any atom is 0.255 e. The normalized spacial score (nSPS) is 10.2. The molecule has 0 bridgehead atoms. The van der Waals surface area contributed by atoms with E-state index in [0.717, 1.165) is 16.9 Å². The van der Waals surface area contributed by atoms with Crippen molar-refractivity contribution in [1.82, 2.24) is 4.98 Å². The number of anilines is 2. The lowest BCUT2D eigenvalue weighted by Crippen LogP contribution is -2.13. The number of benzene rings is 2. The summed E-state index contributed by atoms with van der Waals surface area (Å²) in [5.41, 5.74) is 3.51. The lowest BCUT2D eigenvalue weighted by atomic mass is 10.0. The van der Waals surface area contributed by atoms with Crippen molar-refractivity contribution in [1.29, 1.82) is 0 Å². The van der Waals surface area contributed by atoms with Gasteiger partial charge in [0.1, 0.15) is 5.82 Å². The number of hydrogen-bond donors (Lipinski definition) is 1. The van der Waals surface area contributed by atoms with E-state index < -0.39 is 0 Å². The number of carbonyl (C=O) groups is 1. The molecule has 1 N–H and O–H groups in total. The van der Waals surface area contributed by atoms with Gasteiger partial charge in [-0.2, -0.15) is 0 Å². The molecule has 0 fully saturated rings. The van der Waals surface area contributed by atoms with Crippen LogP contribution in [0.1, 0.15) is 10.4 Å². The van der Waals surface area contributed by atoms with E-state index >= 15 is 0 Å². The molecule has 0 spiro atoms. The van der Waals surface area contributed by atoms with Gasteiger partial charge in [0, 0.05) is 19.7 Å². The molecule has 4 heteroatoms. The zero-order chi connectivity index (χ0) is 16.9. The summed E-state index contributed by atoms with van der Waals surface area (Å²) in [5, 5.41) is 2.86. The first-order valence-electron chi connectivity index (χ1n) is 7.74. The van der Waals surface area contributed by atoms with E-state index in [1.807, 2.05) is 85.7 Å². The van der Waals surface area contributed by atoms with Gasteiger partial charge < -0.3 is 10.2 Å². The fourth-order valence-corrected chi connectivity index (χ4v) is 2.37. The van der Waals surface area contributed by atoms with Crippen molar-refractivity contribution in [2.45, 2.75) is 0 Å². The van der Waals surface area contributed by atoms with E-state index in [4.69, 9.17) is 0 Å². The first-order chi connectivity index (χ1) is 11.6. The Morgan fingerprint density at radius 2 is 1.54 bits per heavy atom. The molecular formula is C20H19N3O. The molecule has 1 amide bonds. The average Bonchev–Trinajstić information content (AvgIpc) is 2.63. The van der Waals surface area contributed by atoms with Crippen LogP contribution in [0, 0.1) is 0 Å². The van der Waals surface area contributed by atoms with E-state index in [9.17, 15) is 4.79 Å². The molecule has 3 aromatic rings. The quantitative estimate of drug-likeness (QED) is 0.789. The summed E-state index contributed by atoms with van der Waals surface area (Å²) in [5.74, 6) is 0.703. The number of pyridine rings is 1. The highest BCUT2D eigenvalue weighted by Gasteiger charge is 2.07. The van der Waals surface area contributed by atoms with Crippen LogP contribution in [0.25, 0.3) is 11.1 Å². The molecule has 0 saturated heterocycles. The van der Waals surface area contributed by atoms with Crippen LogP contribution in [0.15, 0.2) is 72.9 Å². The van der Waals surface area contributed by atoms with E-state index in [1.54, 1.807) is 6.20 Å². The van der Waals surface area contributed by atoms with Crippen LogP contribution in [0.4, 0.5) is 11.5 Å². The maximum absolute atomic E-state index is 12.3. The monoisotopic (exact) mass is 317 g/mol. The summed E-state index contributed by atoms with van der Waals surface area (Å²) in [6, 6.07) is 21.4. The highest BCUT2D eigenvalue weighted by molar-refractivity contribution is 6.04. The molecule has 0 atom stereocenters. The molecule has 0 saturated carbocycles. The molecule has 0 unspecified atom stereocenters. The Bertz CT molecular complexity index is 810. The molecule has 24 heavy (non-hydrogen) atoms. The van der Waals surface area contributed by atoms with Gasteiger partial charge in [-0.3, -0.25) is 4.79 Å². The summed E-state index contributed by atoms with van der Waals surface area (Å²) in [6.07, 6.45) is 1.66. The van der Waals surface area contributed by atoms with Crippen LogP contribution in [-0.2, 0) is 0 Å². The molecule has 4 nitrogen and oxygen atoms in total. The highest BCUT2D eigenvalue weighted by Crippen LogP contribution is 2.20. The van der Waals surface area contributed by atoms with Crippen molar-refractivity contribution in [3.63, 3.8) is 0 Å². The van der Waals surface area contributed by atoms with Crippen LogP contribution >= 0.6 is 0 Å². The summed E-state index contributed by atoms with van der Waals surface area (Å²) in [6.45, 7) is 0.